The van der Waals surface area contributed by atoms with Crippen molar-refractivity contribution in [2.45, 2.75) is 52.1 Å². The molecule has 0 spiro atoms. The molecule has 1 saturated heterocycles. The molecule has 2 N–H and O–H groups in total. The zero-order chi connectivity index (χ0) is 10.7. The number of nitrogens with two attached hydrogens (primary N) is 1. The molecule has 1 aliphatic rings. The molecule has 0 aromatic heterocycles. The summed E-state index contributed by atoms with van der Waals surface area (Å²) in [5.74, 6) is 1.53. The van der Waals surface area contributed by atoms with Gasteiger partial charge in [0, 0.05) is 18.6 Å². The SMILES string of the molecule is CCC1CC(C)C(N)C[C@@H](C)N(C)C1. The molecular weight excluding hydrogens is 172 g/mol. The summed E-state index contributed by atoms with van der Waals surface area (Å²) >= 11 is 0. The van der Waals surface area contributed by atoms with Crippen molar-refractivity contribution in [3.63, 3.8) is 0 Å². The Balaban J connectivity index is 2.62. The maximum Gasteiger partial charge on any atom is 0.00794 e. The standard InChI is InChI=1S/C12H26N2/c1-5-11-6-9(2)12(13)7-10(3)14(4)8-11/h9-12H,5-8,13H2,1-4H3/t9?,10-,11?,12?/m1/s1. The molecule has 0 amide bonds. The molecule has 0 aromatic carbocycles. The fourth-order valence-corrected chi connectivity index (χ4v) is 2.46. The second-order valence-electron chi connectivity index (χ2n) is 5.18. The minimum atomic E-state index is 0.391. The van der Waals surface area contributed by atoms with Gasteiger partial charge in [0.25, 0.3) is 0 Å². The molecule has 1 rings (SSSR count). The van der Waals surface area contributed by atoms with Crippen LogP contribution in [0.25, 0.3) is 0 Å². The van der Waals surface area contributed by atoms with E-state index in [1.165, 1.54) is 19.4 Å². The average molecular weight is 198 g/mol. The maximum atomic E-state index is 6.19. The van der Waals surface area contributed by atoms with E-state index in [0.717, 1.165) is 12.3 Å². The molecule has 2 nitrogen and oxygen atoms in total. The molecule has 4 atom stereocenters. The van der Waals surface area contributed by atoms with E-state index in [0.29, 0.717) is 18.0 Å². The fourth-order valence-electron chi connectivity index (χ4n) is 2.46. The van der Waals surface area contributed by atoms with Crippen molar-refractivity contribution < 1.29 is 0 Å². The third-order valence-corrected chi connectivity index (χ3v) is 3.93. The smallest absolute Gasteiger partial charge is 0.00794 e. The Kier molecular flexibility index (Phi) is 4.39. The van der Waals surface area contributed by atoms with Crippen LogP contribution in [0.2, 0.25) is 0 Å². The summed E-state index contributed by atoms with van der Waals surface area (Å²) in [5.41, 5.74) is 6.19. The van der Waals surface area contributed by atoms with E-state index >= 15 is 0 Å². The third kappa shape index (κ3) is 2.96. The minimum absolute atomic E-state index is 0.391. The lowest BCUT2D eigenvalue weighted by molar-refractivity contribution is 0.145. The molecule has 0 saturated carbocycles. The first-order chi connectivity index (χ1) is 6.54. The van der Waals surface area contributed by atoms with Crippen molar-refractivity contribution in [3.8, 4) is 0 Å². The largest absolute Gasteiger partial charge is 0.327 e. The molecule has 14 heavy (non-hydrogen) atoms. The van der Waals surface area contributed by atoms with Crippen molar-refractivity contribution in [1.29, 1.82) is 0 Å². The van der Waals surface area contributed by atoms with Crippen molar-refractivity contribution >= 4 is 0 Å². The average Bonchev–Trinajstić information content (AvgIpc) is 2.14. The minimum Gasteiger partial charge on any atom is -0.327 e. The van der Waals surface area contributed by atoms with Crippen LogP contribution in [0.1, 0.15) is 40.0 Å². The highest BCUT2D eigenvalue weighted by molar-refractivity contribution is 4.82. The monoisotopic (exact) mass is 198 g/mol. The number of hydrogen-bond donors (Lipinski definition) is 1. The van der Waals surface area contributed by atoms with Gasteiger partial charge in [-0.15, -0.1) is 0 Å². The zero-order valence-corrected chi connectivity index (χ0v) is 10.2. The topological polar surface area (TPSA) is 29.3 Å². The Hall–Kier alpha value is -0.0800. The van der Waals surface area contributed by atoms with Crippen LogP contribution in [-0.2, 0) is 0 Å². The van der Waals surface area contributed by atoms with Crippen LogP contribution in [0, 0.1) is 11.8 Å². The van der Waals surface area contributed by atoms with Crippen molar-refractivity contribution in [2.24, 2.45) is 17.6 Å². The second kappa shape index (κ2) is 5.13. The molecule has 1 heterocycles. The van der Waals surface area contributed by atoms with E-state index < -0.39 is 0 Å². The Morgan fingerprint density at radius 1 is 1.29 bits per heavy atom. The molecule has 1 aliphatic heterocycles. The number of hydrogen-bond acceptors (Lipinski definition) is 2. The highest BCUT2D eigenvalue weighted by Gasteiger charge is 2.25. The van der Waals surface area contributed by atoms with Gasteiger partial charge in [-0.1, -0.05) is 20.3 Å². The second-order valence-corrected chi connectivity index (χ2v) is 5.18. The predicted molar refractivity (Wildman–Crippen MR) is 62.2 cm³/mol. The van der Waals surface area contributed by atoms with Crippen molar-refractivity contribution in [3.05, 3.63) is 0 Å². The molecule has 0 bridgehead atoms. The molecular formula is C12H26N2. The summed E-state index contributed by atoms with van der Waals surface area (Å²) in [7, 11) is 2.23. The molecule has 2 heteroatoms. The van der Waals surface area contributed by atoms with Crippen molar-refractivity contribution in [2.75, 3.05) is 13.6 Å². The summed E-state index contributed by atoms with van der Waals surface area (Å²) in [6.45, 7) is 8.15. The van der Waals surface area contributed by atoms with Crippen LogP contribution in [0.3, 0.4) is 0 Å². The van der Waals surface area contributed by atoms with Gasteiger partial charge >= 0.3 is 0 Å². The van der Waals surface area contributed by atoms with Gasteiger partial charge in [-0.25, -0.2) is 0 Å². The van der Waals surface area contributed by atoms with Crippen LogP contribution in [0.15, 0.2) is 0 Å². The fraction of sp³-hybridized carbons (Fsp3) is 1.00. The predicted octanol–water partition coefficient (Wildman–Crippen LogP) is 2.09. The lowest BCUT2D eigenvalue weighted by Gasteiger charge is -2.36. The quantitative estimate of drug-likeness (QED) is 0.699. The first kappa shape index (κ1) is 12.0. The highest BCUT2D eigenvalue weighted by Crippen LogP contribution is 2.25. The van der Waals surface area contributed by atoms with Gasteiger partial charge < -0.3 is 10.6 Å². The molecule has 84 valence electrons. The first-order valence-electron chi connectivity index (χ1n) is 6.00. The summed E-state index contributed by atoms with van der Waals surface area (Å²) in [5, 5.41) is 0. The Morgan fingerprint density at radius 3 is 2.50 bits per heavy atom. The van der Waals surface area contributed by atoms with E-state index in [-0.39, 0.29) is 0 Å². The molecule has 0 radical (unpaired) electrons. The lowest BCUT2D eigenvalue weighted by atomic mass is 9.84. The number of rotatable bonds is 1. The van der Waals surface area contributed by atoms with E-state index in [1.807, 2.05) is 0 Å². The summed E-state index contributed by atoms with van der Waals surface area (Å²) in [4.78, 5) is 2.47. The van der Waals surface area contributed by atoms with Crippen LogP contribution in [0.4, 0.5) is 0 Å². The van der Waals surface area contributed by atoms with Crippen LogP contribution < -0.4 is 5.73 Å². The molecule has 3 unspecified atom stereocenters. The van der Waals surface area contributed by atoms with Crippen LogP contribution >= 0.6 is 0 Å². The Bertz CT molecular complexity index is 150. The maximum absolute atomic E-state index is 6.19. The van der Waals surface area contributed by atoms with E-state index in [1.54, 1.807) is 0 Å². The number of likely N-dealkylation sites (tertiary alicyclic amines) is 1. The van der Waals surface area contributed by atoms with Gasteiger partial charge in [-0.2, -0.15) is 0 Å². The zero-order valence-electron chi connectivity index (χ0n) is 10.2. The first-order valence-corrected chi connectivity index (χ1v) is 6.00. The van der Waals surface area contributed by atoms with Crippen molar-refractivity contribution in [1.82, 2.24) is 4.90 Å². The Morgan fingerprint density at radius 2 is 1.93 bits per heavy atom. The summed E-state index contributed by atoms with van der Waals surface area (Å²) in [6.07, 6.45) is 3.73. The molecule has 1 fully saturated rings. The van der Waals surface area contributed by atoms with E-state index in [2.05, 4.69) is 32.7 Å². The van der Waals surface area contributed by atoms with Crippen LogP contribution in [0.5, 0.6) is 0 Å². The van der Waals surface area contributed by atoms with E-state index in [9.17, 15) is 0 Å². The lowest BCUT2D eigenvalue weighted by Crippen LogP contribution is -2.44. The van der Waals surface area contributed by atoms with Gasteiger partial charge in [0.15, 0.2) is 0 Å². The highest BCUT2D eigenvalue weighted by atomic mass is 15.1. The van der Waals surface area contributed by atoms with E-state index in [4.69, 9.17) is 5.73 Å². The molecule has 0 aromatic rings. The van der Waals surface area contributed by atoms with Gasteiger partial charge in [-0.05, 0) is 38.6 Å². The normalized spacial score (nSPS) is 41.8. The summed E-state index contributed by atoms with van der Waals surface area (Å²) in [6, 6.07) is 1.03. The summed E-state index contributed by atoms with van der Waals surface area (Å²) < 4.78 is 0. The van der Waals surface area contributed by atoms with Crippen LogP contribution in [-0.4, -0.2) is 30.6 Å². The van der Waals surface area contributed by atoms with Gasteiger partial charge in [0.05, 0.1) is 0 Å². The van der Waals surface area contributed by atoms with Gasteiger partial charge in [0.1, 0.15) is 0 Å². The molecule has 0 aliphatic carbocycles. The van der Waals surface area contributed by atoms with Gasteiger partial charge in [-0.3, -0.25) is 0 Å². The number of nitrogens with zero attached hydrogens (tertiary/aromatic N) is 1. The third-order valence-electron chi connectivity index (χ3n) is 3.93. The van der Waals surface area contributed by atoms with Gasteiger partial charge in [0.2, 0.25) is 0 Å². The Labute approximate surface area is 88.8 Å².